The zero-order chi connectivity index (χ0) is 17.9. The SMILES string of the molecule is CCOC(=O)CNC(=S)N(CCCn1ccnc1)Cc1cccnc1. The maximum atomic E-state index is 11.5. The Morgan fingerprint density at radius 3 is 2.96 bits per heavy atom. The highest BCUT2D eigenvalue weighted by atomic mass is 32.1. The second-order valence-electron chi connectivity index (χ2n) is 5.40. The van der Waals surface area contributed by atoms with E-state index < -0.39 is 0 Å². The van der Waals surface area contributed by atoms with Crippen LogP contribution in [0.25, 0.3) is 0 Å². The van der Waals surface area contributed by atoms with Crippen LogP contribution in [0.15, 0.2) is 43.2 Å². The minimum absolute atomic E-state index is 0.0672. The Morgan fingerprint density at radius 1 is 1.40 bits per heavy atom. The summed E-state index contributed by atoms with van der Waals surface area (Å²) in [6.07, 6.45) is 9.95. The van der Waals surface area contributed by atoms with Crippen LogP contribution in [0.5, 0.6) is 0 Å². The highest BCUT2D eigenvalue weighted by Gasteiger charge is 2.12. The van der Waals surface area contributed by atoms with Crippen LogP contribution in [0.4, 0.5) is 0 Å². The molecule has 0 amide bonds. The Hall–Kier alpha value is -2.48. The number of carbonyl (C=O) groups excluding carboxylic acids is 1. The summed E-state index contributed by atoms with van der Waals surface area (Å²) in [5, 5.41) is 3.50. The molecule has 0 aliphatic carbocycles. The van der Waals surface area contributed by atoms with E-state index in [4.69, 9.17) is 17.0 Å². The van der Waals surface area contributed by atoms with E-state index in [9.17, 15) is 4.79 Å². The molecule has 1 N–H and O–H groups in total. The molecular weight excluding hydrogens is 338 g/mol. The molecule has 25 heavy (non-hydrogen) atoms. The quantitative estimate of drug-likeness (QED) is 0.537. The van der Waals surface area contributed by atoms with Crippen molar-refractivity contribution in [3.05, 3.63) is 48.8 Å². The number of carbonyl (C=O) groups is 1. The average molecular weight is 361 g/mol. The number of nitrogens with one attached hydrogen (secondary N) is 1. The van der Waals surface area contributed by atoms with Crippen molar-refractivity contribution in [1.82, 2.24) is 24.8 Å². The van der Waals surface area contributed by atoms with Gasteiger partial charge < -0.3 is 19.5 Å². The first-order valence-corrected chi connectivity index (χ1v) is 8.63. The molecule has 0 bridgehead atoms. The number of hydrogen-bond donors (Lipinski definition) is 1. The van der Waals surface area contributed by atoms with Gasteiger partial charge in [0.2, 0.25) is 0 Å². The van der Waals surface area contributed by atoms with Crippen molar-refractivity contribution in [2.45, 2.75) is 26.4 Å². The number of pyridine rings is 1. The number of rotatable bonds is 9. The molecule has 7 nitrogen and oxygen atoms in total. The molecule has 0 aliphatic rings. The van der Waals surface area contributed by atoms with Gasteiger partial charge >= 0.3 is 5.97 Å². The first kappa shape index (κ1) is 18.9. The maximum absolute atomic E-state index is 11.5. The molecule has 0 radical (unpaired) electrons. The van der Waals surface area contributed by atoms with E-state index in [-0.39, 0.29) is 12.5 Å². The molecule has 0 fully saturated rings. The molecule has 0 atom stereocenters. The van der Waals surface area contributed by atoms with Crippen molar-refractivity contribution in [3.63, 3.8) is 0 Å². The summed E-state index contributed by atoms with van der Waals surface area (Å²) in [6.45, 7) is 4.44. The number of aryl methyl sites for hydroxylation is 1. The number of ether oxygens (including phenoxy) is 1. The fourth-order valence-corrected chi connectivity index (χ4v) is 2.53. The van der Waals surface area contributed by atoms with Crippen molar-refractivity contribution < 1.29 is 9.53 Å². The van der Waals surface area contributed by atoms with Crippen molar-refractivity contribution in [3.8, 4) is 0 Å². The van der Waals surface area contributed by atoms with Crippen LogP contribution in [-0.4, -0.2) is 50.2 Å². The summed E-state index contributed by atoms with van der Waals surface area (Å²) in [5.41, 5.74) is 1.06. The van der Waals surface area contributed by atoms with Gasteiger partial charge in [-0.1, -0.05) is 6.07 Å². The first-order valence-electron chi connectivity index (χ1n) is 8.22. The Bertz CT molecular complexity index is 648. The summed E-state index contributed by atoms with van der Waals surface area (Å²) < 4.78 is 6.95. The van der Waals surface area contributed by atoms with Crippen molar-refractivity contribution >= 4 is 23.3 Å². The Labute approximate surface area is 153 Å². The Balaban J connectivity index is 1.90. The van der Waals surface area contributed by atoms with Gasteiger partial charge in [-0.15, -0.1) is 0 Å². The number of thiocarbonyl (C=S) groups is 1. The third kappa shape index (κ3) is 6.88. The van der Waals surface area contributed by atoms with Gasteiger partial charge in [-0.2, -0.15) is 0 Å². The normalized spacial score (nSPS) is 10.3. The van der Waals surface area contributed by atoms with Crippen molar-refractivity contribution in [1.29, 1.82) is 0 Å². The van der Waals surface area contributed by atoms with Gasteiger partial charge in [-0.25, -0.2) is 4.98 Å². The molecule has 2 heterocycles. The Morgan fingerprint density at radius 2 is 2.28 bits per heavy atom. The molecule has 0 aromatic carbocycles. The molecule has 0 saturated carbocycles. The monoisotopic (exact) mass is 361 g/mol. The van der Waals surface area contributed by atoms with E-state index in [1.807, 2.05) is 34.0 Å². The van der Waals surface area contributed by atoms with Crippen LogP contribution >= 0.6 is 12.2 Å². The first-order chi connectivity index (χ1) is 12.2. The van der Waals surface area contributed by atoms with E-state index in [1.54, 1.807) is 25.6 Å². The lowest BCUT2D eigenvalue weighted by Crippen LogP contribution is -2.42. The van der Waals surface area contributed by atoms with Gasteiger partial charge in [0.1, 0.15) is 6.54 Å². The summed E-state index contributed by atoms with van der Waals surface area (Å²) in [6, 6.07) is 3.90. The molecule has 0 saturated heterocycles. The lowest BCUT2D eigenvalue weighted by molar-refractivity contribution is -0.141. The number of aromatic nitrogens is 3. The lowest BCUT2D eigenvalue weighted by atomic mass is 10.2. The number of imidazole rings is 1. The minimum atomic E-state index is -0.315. The zero-order valence-electron chi connectivity index (χ0n) is 14.3. The molecule has 2 aromatic rings. The summed E-state index contributed by atoms with van der Waals surface area (Å²) >= 11 is 5.46. The van der Waals surface area contributed by atoms with Crippen molar-refractivity contribution in [2.24, 2.45) is 0 Å². The van der Waals surface area contributed by atoms with Gasteiger partial charge in [-0.3, -0.25) is 9.78 Å². The van der Waals surface area contributed by atoms with Gasteiger partial charge in [0, 0.05) is 44.4 Å². The third-order valence-electron chi connectivity index (χ3n) is 3.48. The van der Waals surface area contributed by atoms with E-state index in [2.05, 4.69) is 15.3 Å². The molecule has 2 aromatic heterocycles. The summed E-state index contributed by atoms with van der Waals surface area (Å²) in [4.78, 5) is 21.7. The third-order valence-corrected chi connectivity index (χ3v) is 3.88. The average Bonchev–Trinajstić information content (AvgIpc) is 3.13. The minimum Gasteiger partial charge on any atom is -0.465 e. The van der Waals surface area contributed by atoms with Crippen LogP contribution in [-0.2, 0) is 22.6 Å². The molecule has 0 unspecified atom stereocenters. The van der Waals surface area contributed by atoms with Gasteiger partial charge in [0.25, 0.3) is 0 Å². The second kappa shape index (κ2) is 10.4. The second-order valence-corrected chi connectivity index (χ2v) is 5.79. The number of esters is 1. The molecule has 8 heteroatoms. The number of nitrogens with zero attached hydrogens (tertiary/aromatic N) is 4. The predicted octanol–water partition coefficient (Wildman–Crippen LogP) is 1.61. The summed E-state index contributed by atoms with van der Waals surface area (Å²) in [7, 11) is 0. The standard InChI is InChI=1S/C17H23N5O2S/c1-2-24-16(23)12-20-17(25)22(13-15-5-3-6-18-11-15)9-4-8-21-10-7-19-14-21/h3,5-7,10-11,14H,2,4,8-9,12-13H2,1H3,(H,20,25). The van der Waals surface area contributed by atoms with Gasteiger partial charge in [0.05, 0.1) is 12.9 Å². The van der Waals surface area contributed by atoms with E-state index in [1.165, 1.54) is 0 Å². The molecule has 134 valence electrons. The molecule has 0 spiro atoms. The van der Waals surface area contributed by atoms with Crippen LogP contribution in [0.2, 0.25) is 0 Å². The predicted molar refractivity (Wildman–Crippen MR) is 98.7 cm³/mol. The van der Waals surface area contributed by atoms with Gasteiger partial charge in [0.15, 0.2) is 5.11 Å². The van der Waals surface area contributed by atoms with E-state index in [0.29, 0.717) is 18.3 Å². The van der Waals surface area contributed by atoms with E-state index >= 15 is 0 Å². The largest absolute Gasteiger partial charge is 0.465 e. The number of hydrogen-bond acceptors (Lipinski definition) is 5. The Kier molecular flexibility index (Phi) is 7.84. The highest BCUT2D eigenvalue weighted by molar-refractivity contribution is 7.80. The smallest absolute Gasteiger partial charge is 0.325 e. The van der Waals surface area contributed by atoms with E-state index in [0.717, 1.165) is 25.1 Å². The molecule has 0 aliphatic heterocycles. The fourth-order valence-electron chi connectivity index (χ4n) is 2.30. The summed E-state index contributed by atoms with van der Waals surface area (Å²) in [5.74, 6) is -0.315. The van der Waals surface area contributed by atoms with Crippen LogP contribution < -0.4 is 5.32 Å². The topological polar surface area (TPSA) is 72.3 Å². The van der Waals surface area contributed by atoms with Crippen molar-refractivity contribution in [2.75, 3.05) is 19.7 Å². The fraction of sp³-hybridized carbons (Fsp3) is 0.412. The van der Waals surface area contributed by atoms with Crippen LogP contribution in [0.1, 0.15) is 18.9 Å². The zero-order valence-corrected chi connectivity index (χ0v) is 15.1. The van der Waals surface area contributed by atoms with Gasteiger partial charge in [-0.05, 0) is 37.2 Å². The molecule has 2 rings (SSSR count). The van der Waals surface area contributed by atoms with Crippen LogP contribution in [0.3, 0.4) is 0 Å². The van der Waals surface area contributed by atoms with Crippen LogP contribution in [0, 0.1) is 0 Å². The molecular formula is C17H23N5O2S. The lowest BCUT2D eigenvalue weighted by Gasteiger charge is -2.25. The maximum Gasteiger partial charge on any atom is 0.325 e. The highest BCUT2D eigenvalue weighted by Crippen LogP contribution is 2.05.